The van der Waals surface area contributed by atoms with E-state index in [2.05, 4.69) is 12.6 Å². The van der Waals surface area contributed by atoms with Crippen molar-refractivity contribution in [3.8, 4) is 0 Å². The maximum atomic E-state index is 10.0. The van der Waals surface area contributed by atoms with Crippen molar-refractivity contribution in [3.05, 3.63) is 17.0 Å². The minimum atomic E-state index is 0.679. The van der Waals surface area contributed by atoms with Crippen LogP contribution < -0.4 is 0 Å². The summed E-state index contributed by atoms with van der Waals surface area (Å²) in [5, 5.41) is 1.84. The summed E-state index contributed by atoms with van der Waals surface area (Å²) in [5.74, 6) is 0. The highest BCUT2D eigenvalue weighted by atomic mass is 32.2. The van der Waals surface area contributed by atoms with Gasteiger partial charge < -0.3 is 0 Å². The Morgan fingerprint density at radius 3 is 2.75 bits per heavy atom. The molecule has 0 aliphatic heterocycles. The zero-order valence-electron chi connectivity index (χ0n) is 4.00. The zero-order chi connectivity index (χ0) is 5.98. The first kappa shape index (κ1) is 5.85. The lowest BCUT2D eigenvalue weighted by molar-refractivity contribution is 0.112. The lowest BCUT2D eigenvalue weighted by Crippen LogP contribution is -1.69. The summed E-state index contributed by atoms with van der Waals surface area (Å²) >= 11 is 5.48. The normalized spacial score (nSPS) is 9.12. The predicted octanol–water partition coefficient (Wildman–Crippen LogP) is 1.85. The Kier molecular flexibility index (Phi) is 1.70. The second kappa shape index (κ2) is 2.33. The Bertz CT molecular complexity index is 192. The molecule has 1 aromatic heterocycles. The first-order valence-corrected chi connectivity index (χ1v) is 3.39. The molecule has 0 atom stereocenters. The summed E-state index contributed by atoms with van der Waals surface area (Å²) in [6, 6.07) is 1.75. The molecule has 0 saturated carbocycles. The summed E-state index contributed by atoms with van der Waals surface area (Å²) in [6.45, 7) is 0. The van der Waals surface area contributed by atoms with E-state index in [-0.39, 0.29) is 0 Å². The highest BCUT2D eigenvalue weighted by molar-refractivity contribution is 7.83. The van der Waals surface area contributed by atoms with Crippen LogP contribution in [-0.2, 0) is 0 Å². The Morgan fingerprint density at radius 1 is 1.75 bits per heavy atom. The van der Waals surface area contributed by atoms with Crippen LogP contribution >= 0.6 is 24.0 Å². The lowest BCUT2D eigenvalue weighted by Gasteiger charge is -1.78. The molecule has 1 nitrogen and oxygen atoms in total. The van der Waals surface area contributed by atoms with Crippen molar-refractivity contribution in [1.29, 1.82) is 0 Å². The van der Waals surface area contributed by atoms with Crippen LogP contribution in [0.4, 0.5) is 0 Å². The average Bonchev–Trinajstić information content (AvgIpc) is 2.14. The lowest BCUT2D eigenvalue weighted by atomic mass is 10.4. The number of carbonyl (C=O) groups is 1. The van der Waals surface area contributed by atoms with E-state index in [4.69, 9.17) is 0 Å². The number of aldehydes is 1. The van der Waals surface area contributed by atoms with Crippen molar-refractivity contribution in [3.63, 3.8) is 0 Å². The van der Waals surface area contributed by atoms with Crippen LogP contribution in [0.3, 0.4) is 0 Å². The highest BCUT2D eigenvalue weighted by Crippen LogP contribution is 2.17. The standard InChI is InChI=1S/C5H4OS2/c6-3-4-1-2-8-5(4)7/h1-3,7H. The molecule has 0 bridgehead atoms. The third kappa shape index (κ3) is 0.928. The number of rotatable bonds is 1. The molecule has 1 heterocycles. The Balaban J connectivity index is 3.09. The third-order valence-electron chi connectivity index (χ3n) is 0.801. The van der Waals surface area contributed by atoms with Gasteiger partial charge in [-0.05, 0) is 11.4 Å². The minimum Gasteiger partial charge on any atom is -0.298 e. The summed E-state index contributed by atoms with van der Waals surface area (Å²) < 4.78 is 0.792. The number of thiophene rings is 1. The van der Waals surface area contributed by atoms with Gasteiger partial charge in [0.05, 0.1) is 4.21 Å². The fourth-order valence-electron chi connectivity index (χ4n) is 0.401. The summed E-state index contributed by atoms with van der Waals surface area (Å²) in [6.07, 6.45) is 0.804. The fourth-order valence-corrected chi connectivity index (χ4v) is 1.31. The van der Waals surface area contributed by atoms with Crippen LogP contribution in [0.5, 0.6) is 0 Å². The molecule has 42 valence electrons. The van der Waals surface area contributed by atoms with Crippen molar-refractivity contribution in [2.45, 2.75) is 4.21 Å². The Hall–Kier alpha value is -0.280. The van der Waals surface area contributed by atoms with Crippen molar-refractivity contribution in [2.75, 3.05) is 0 Å². The van der Waals surface area contributed by atoms with Crippen LogP contribution in [0.2, 0.25) is 0 Å². The summed E-state index contributed by atoms with van der Waals surface area (Å²) in [7, 11) is 0. The predicted molar refractivity (Wildman–Crippen MR) is 37.0 cm³/mol. The molecule has 0 aliphatic carbocycles. The summed E-state index contributed by atoms with van der Waals surface area (Å²) in [5.41, 5.74) is 0.679. The van der Waals surface area contributed by atoms with Crippen molar-refractivity contribution >= 4 is 30.3 Å². The zero-order valence-corrected chi connectivity index (χ0v) is 5.71. The number of carbonyl (C=O) groups excluding carboxylic acids is 1. The van der Waals surface area contributed by atoms with Crippen molar-refractivity contribution < 1.29 is 4.79 Å². The highest BCUT2D eigenvalue weighted by Gasteiger charge is 1.94. The van der Waals surface area contributed by atoms with Gasteiger partial charge in [-0.3, -0.25) is 4.79 Å². The van der Waals surface area contributed by atoms with Gasteiger partial charge in [-0.1, -0.05) is 0 Å². The molecule has 0 unspecified atom stereocenters. The van der Waals surface area contributed by atoms with E-state index in [0.29, 0.717) is 5.56 Å². The molecule has 0 saturated heterocycles. The van der Waals surface area contributed by atoms with E-state index >= 15 is 0 Å². The number of hydrogen-bond acceptors (Lipinski definition) is 3. The van der Waals surface area contributed by atoms with Crippen LogP contribution in [0.1, 0.15) is 10.4 Å². The van der Waals surface area contributed by atoms with E-state index in [1.165, 1.54) is 11.3 Å². The maximum absolute atomic E-state index is 10.0. The molecule has 1 rings (SSSR count). The second-order valence-electron chi connectivity index (χ2n) is 1.30. The van der Waals surface area contributed by atoms with Gasteiger partial charge >= 0.3 is 0 Å². The smallest absolute Gasteiger partial charge is 0.152 e. The largest absolute Gasteiger partial charge is 0.298 e. The molecule has 0 amide bonds. The number of hydrogen-bond donors (Lipinski definition) is 1. The first-order valence-electron chi connectivity index (χ1n) is 2.06. The molecule has 1 aromatic rings. The van der Waals surface area contributed by atoms with E-state index in [1.54, 1.807) is 6.07 Å². The molecule has 0 aromatic carbocycles. The molecule has 0 N–H and O–H groups in total. The second-order valence-corrected chi connectivity index (χ2v) is 2.96. The molecule has 0 radical (unpaired) electrons. The third-order valence-corrected chi connectivity index (χ3v) is 2.11. The van der Waals surface area contributed by atoms with Crippen molar-refractivity contribution in [2.24, 2.45) is 0 Å². The van der Waals surface area contributed by atoms with Gasteiger partial charge in [0.25, 0.3) is 0 Å². The van der Waals surface area contributed by atoms with Crippen LogP contribution in [-0.4, -0.2) is 6.29 Å². The quantitative estimate of drug-likeness (QED) is 0.470. The van der Waals surface area contributed by atoms with Crippen LogP contribution in [0.15, 0.2) is 15.7 Å². The maximum Gasteiger partial charge on any atom is 0.152 e. The average molecular weight is 144 g/mol. The van der Waals surface area contributed by atoms with E-state index in [1.807, 2.05) is 5.38 Å². The van der Waals surface area contributed by atoms with Gasteiger partial charge in [0.1, 0.15) is 0 Å². The fraction of sp³-hybridized carbons (Fsp3) is 0. The van der Waals surface area contributed by atoms with Crippen LogP contribution in [0, 0.1) is 0 Å². The minimum absolute atomic E-state index is 0.679. The topological polar surface area (TPSA) is 17.1 Å². The number of thiol groups is 1. The Morgan fingerprint density at radius 2 is 2.50 bits per heavy atom. The molecule has 0 aliphatic rings. The molecule has 8 heavy (non-hydrogen) atoms. The van der Waals surface area contributed by atoms with Crippen molar-refractivity contribution in [1.82, 2.24) is 0 Å². The monoisotopic (exact) mass is 144 g/mol. The van der Waals surface area contributed by atoms with E-state index in [0.717, 1.165) is 10.5 Å². The van der Waals surface area contributed by atoms with Gasteiger partial charge in [-0.2, -0.15) is 0 Å². The molecule has 0 fully saturated rings. The molecule has 0 spiro atoms. The Labute approximate surface area is 56.8 Å². The van der Waals surface area contributed by atoms with Gasteiger partial charge in [-0.25, -0.2) is 0 Å². The molecular weight excluding hydrogens is 140 g/mol. The first-order chi connectivity index (χ1) is 3.84. The van der Waals surface area contributed by atoms with Crippen LogP contribution in [0.25, 0.3) is 0 Å². The molecular formula is C5H4OS2. The summed E-state index contributed by atoms with van der Waals surface area (Å²) in [4.78, 5) is 10.0. The van der Waals surface area contributed by atoms with Gasteiger partial charge in [0.15, 0.2) is 6.29 Å². The molecule has 3 heteroatoms. The van der Waals surface area contributed by atoms with E-state index in [9.17, 15) is 4.79 Å². The SMILES string of the molecule is O=Cc1ccsc1S. The van der Waals surface area contributed by atoms with Gasteiger partial charge in [-0.15, -0.1) is 24.0 Å². The van der Waals surface area contributed by atoms with Gasteiger partial charge in [0.2, 0.25) is 0 Å². The van der Waals surface area contributed by atoms with E-state index < -0.39 is 0 Å². The van der Waals surface area contributed by atoms with Gasteiger partial charge in [0, 0.05) is 5.56 Å².